The van der Waals surface area contributed by atoms with Crippen molar-refractivity contribution in [2.24, 2.45) is 5.92 Å². The summed E-state index contributed by atoms with van der Waals surface area (Å²) in [6.45, 7) is 8.36. The summed E-state index contributed by atoms with van der Waals surface area (Å²) in [6, 6.07) is 0. The quantitative estimate of drug-likeness (QED) is 0.575. The summed E-state index contributed by atoms with van der Waals surface area (Å²) in [5, 5.41) is 0. The Morgan fingerprint density at radius 2 is 1.73 bits per heavy atom. The predicted molar refractivity (Wildman–Crippen MR) is 46.5 cm³/mol. The molecule has 2 unspecified atom stereocenters. The molecule has 2 nitrogen and oxygen atoms in total. The van der Waals surface area contributed by atoms with Gasteiger partial charge in [-0.25, -0.2) is 0 Å². The van der Waals surface area contributed by atoms with Crippen molar-refractivity contribution in [1.82, 2.24) is 0 Å². The zero-order chi connectivity index (χ0) is 8.85. The minimum Gasteiger partial charge on any atom is -0.356 e. The van der Waals surface area contributed by atoms with Gasteiger partial charge in [-0.15, -0.1) is 0 Å². The molecule has 0 N–H and O–H groups in total. The Labute approximate surface area is 69.9 Å². The van der Waals surface area contributed by atoms with Crippen LogP contribution in [0.5, 0.6) is 0 Å². The second-order valence-electron chi connectivity index (χ2n) is 3.20. The monoisotopic (exact) mass is 160 g/mol. The number of methoxy groups -OCH3 is 1. The standard InChI is InChI=1S/C9H20O2/c1-6-8(4)11-9(10-5)7(2)3/h7-9H,6H2,1-5H3. The largest absolute Gasteiger partial charge is 0.356 e. The highest BCUT2D eigenvalue weighted by atomic mass is 16.7. The van der Waals surface area contributed by atoms with Gasteiger partial charge in [0.1, 0.15) is 0 Å². The molecule has 0 aromatic rings. The van der Waals surface area contributed by atoms with Gasteiger partial charge in [0.25, 0.3) is 0 Å². The van der Waals surface area contributed by atoms with E-state index in [9.17, 15) is 0 Å². The van der Waals surface area contributed by atoms with Crippen LogP contribution in [-0.2, 0) is 9.47 Å². The van der Waals surface area contributed by atoms with Gasteiger partial charge in [0, 0.05) is 13.0 Å². The highest BCUT2D eigenvalue weighted by Gasteiger charge is 2.14. The van der Waals surface area contributed by atoms with Gasteiger partial charge in [0.2, 0.25) is 0 Å². The van der Waals surface area contributed by atoms with E-state index in [1.807, 2.05) is 0 Å². The van der Waals surface area contributed by atoms with Crippen LogP contribution in [0.25, 0.3) is 0 Å². The molecule has 0 saturated heterocycles. The Hall–Kier alpha value is -0.0800. The minimum absolute atomic E-state index is 0.0510. The van der Waals surface area contributed by atoms with Gasteiger partial charge in [-0.2, -0.15) is 0 Å². The van der Waals surface area contributed by atoms with E-state index in [0.29, 0.717) is 12.0 Å². The van der Waals surface area contributed by atoms with E-state index in [2.05, 4.69) is 27.7 Å². The van der Waals surface area contributed by atoms with Gasteiger partial charge in [0.15, 0.2) is 6.29 Å². The van der Waals surface area contributed by atoms with Crippen molar-refractivity contribution in [3.63, 3.8) is 0 Å². The molecule has 0 saturated carbocycles. The fourth-order valence-corrected chi connectivity index (χ4v) is 0.810. The van der Waals surface area contributed by atoms with Crippen LogP contribution < -0.4 is 0 Å². The summed E-state index contributed by atoms with van der Waals surface area (Å²) in [6.07, 6.45) is 1.28. The van der Waals surface area contributed by atoms with Crippen molar-refractivity contribution in [1.29, 1.82) is 0 Å². The Morgan fingerprint density at radius 1 is 1.18 bits per heavy atom. The Balaban J connectivity index is 3.68. The van der Waals surface area contributed by atoms with Gasteiger partial charge in [-0.05, 0) is 13.3 Å². The molecule has 2 heteroatoms. The molecule has 2 atom stereocenters. The van der Waals surface area contributed by atoms with Crippen molar-refractivity contribution in [3.8, 4) is 0 Å². The maximum absolute atomic E-state index is 5.59. The summed E-state index contributed by atoms with van der Waals surface area (Å²) < 4.78 is 10.7. The first-order valence-electron chi connectivity index (χ1n) is 4.30. The van der Waals surface area contributed by atoms with Gasteiger partial charge < -0.3 is 9.47 Å². The van der Waals surface area contributed by atoms with Crippen molar-refractivity contribution in [2.45, 2.75) is 46.5 Å². The van der Waals surface area contributed by atoms with Crippen LogP contribution in [-0.4, -0.2) is 19.5 Å². The molecule has 0 aliphatic rings. The zero-order valence-electron chi connectivity index (χ0n) is 8.26. The lowest BCUT2D eigenvalue weighted by Gasteiger charge is -2.23. The van der Waals surface area contributed by atoms with Crippen molar-refractivity contribution >= 4 is 0 Å². The molecule has 0 aromatic heterocycles. The average Bonchev–Trinajstić information content (AvgIpc) is 1.99. The topological polar surface area (TPSA) is 18.5 Å². The number of hydrogen-bond acceptors (Lipinski definition) is 2. The Bertz CT molecular complexity index is 91.6. The van der Waals surface area contributed by atoms with Crippen LogP contribution in [0.1, 0.15) is 34.1 Å². The summed E-state index contributed by atoms with van der Waals surface area (Å²) >= 11 is 0. The van der Waals surface area contributed by atoms with E-state index < -0.39 is 0 Å². The molecule has 68 valence electrons. The summed E-state index contributed by atoms with van der Waals surface area (Å²) in [4.78, 5) is 0. The fraction of sp³-hybridized carbons (Fsp3) is 1.00. The number of rotatable bonds is 5. The van der Waals surface area contributed by atoms with Gasteiger partial charge in [-0.3, -0.25) is 0 Å². The molecular formula is C9H20O2. The maximum atomic E-state index is 5.59. The first-order chi connectivity index (χ1) is 5.11. The molecule has 0 bridgehead atoms. The lowest BCUT2D eigenvalue weighted by atomic mass is 10.2. The summed E-state index contributed by atoms with van der Waals surface area (Å²) in [5.74, 6) is 0.425. The second kappa shape index (κ2) is 5.56. The second-order valence-corrected chi connectivity index (χ2v) is 3.20. The summed E-state index contributed by atoms with van der Waals surface area (Å²) in [5.41, 5.74) is 0. The normalized spacial score (nSPS) is 16.9. The van der Waals surface area contributed by atoms with Gasteiger partial charge in [-0.1, -0.05) is 20.8 Å². The molecule has 0 heterocycles. The maximum Gasteiger partial charge on any atom is 0.159 e. The van der Waals surface area contributed by atoms with E-state index >= 15 is 0 Å². The van der Waals surface area contributed by atoms with Crippen LogP contribution in [0, 0.1) is 5.92 Å². The Kier molecular flexibility index (Phi) is 5.51. The third kappa shape index (κ3) is 4.38. The molecule has 0 radical (unpaired) electrons. The smallest absolute Gasteiger partial charge is 0.159 e. The van der Waals surface area contributed by atoms with Crippen LogP contribution in [0.15, 0.2) is 0 Å². The predicted octanol–water partition coefficient (Wildman–Crippen LogP) is 2.43. The van der Waals surface area contributed by atoms with Crippen molar-refractivity contribution < 1.29 is 9.47 Å². The highest BCUT2D eigenvalue weighted by molar-refractivity contribution is 4.53. The third-order valence-corrected chi connectivity index (χ3v) is 1.72. The van der Waals surface area contributed by atoms with E-state index in [1.54, 1.807) is 7.11 Å². The summed E-state index contributed by atoms with van der Waals surface area (Å²) in [7, 11) is 1.69. The van der Waals surface area contributed by atoms with Gasteiger partial charge >= 0.3 is 0 Å². The molecule has 0 spiro atoms. The molecule has 0 fully saturated rings. The average molecular weight is 160 g/mol. The number of hydrogen-bond donors (Lipinski definition) is 0. The Morgan fingerprint density at radius 3 is 2.00 bits per heavy atom. The third-order valence-electron chi connectivity index (χ3n) is 1.72. The fourth-order valence-electron chi connectivity index (χ4n) is 0.810. The first kappa shape index (κ1) is 10.9. The lowest BCUT2D eigenvalue weighted by molar-refractivity contribution is -0.173. The van der Waals surface area contributed by atoms with Crippen LogP contribution in [0.4, 0.5) is 0 Å². The molecule has 0 aliphatic heterocycles. The highest BCUT2D eigenvalue weighted by Crippen LogP contribution is 2.10. The minimum atomic E-state index is -0.0510. The molecular weight excluding hydrogens is 140 g/mol. The van der Waals surface area contributed by atoms with Crippen molar-refractivity contribution in [2.75, 3.05) is 7.11 Å². The van der Waals surface area contributed by atoms with E-state index in [4.69, 9.17) is 9.47 Å². The zero-order valence-corrected chi connectivity index (χ0v) is 8.26. The first-order valence-corrected chi connectivity index (χ1v) is 4.30. The van der Waals surface area contributed by atoms with Gasteiger partial charge in [0.05, 0.1) is 6.10 Å². The van der Waals surface area contributed by atoms with Crippen LogP contribution in [0.3, 0.4) is 0 Å². The molecule has 11 heavy (non-hydrogen) atoms. The molecule has 0 amide bonds. The van der Waals surface area contributed by atoms with Crippen LogP contribution >= 0.6 is 0 Å². The lowest BCUT2D eigenvalue weighted by Crippen LogP contribution is -2.26. The SMILES string of the molecule is CCC(C)OC(OC)C(C)C. The number of ether oxygens (including phenoxy) is 2. The molecule has 0 aromatic carbocycles. The van der Waals surface area contributed by atoms with E-state index in [0.717, 1.165) is 6.42 Å². The molecule has 0 rings (SSSR count). The van der Waals surface area contributed by atoms with Crippen molar-refractivity contribution in [3.05, 3.63) is 0 Å². The van der Waals surface area contributed by atoms with Crippen LogP contribution in [0.2, 0.25) is 0 Å². The van der Waals surface area contributed by atoms with E-state index in [1.165, 1.54) is 0 Å². The van der Waals surface area contributed by atoms with E-state index in [-0.39, 0.29) is 6.29 Å². The molecule has 0 aliphatic carbocycles.